The van der Waals surface area contributed by atoms with E-state index in [1.807, 2.05) is 31.2 Å². The quantitative estimate of drug-likeness (QED) is 0.885. The van der Waals surface area contributed by atoms with Crippen LogP contribution in [0.4, 0.5) is 0 Å². The van der Waals surface area contributed by atoms with E-state index < -0.39 is 9.84 Å². The van der Waals surface area contributed by atoms with E-state index in [1.54, 1.807) is 25.3 Å². The molecule has 5 nitrogen and oxygen atoms in total. The second-order valence-corrected chi connectivity index (χ2v) is 7.13. The average molecular weight is 320 g/mol. The number of rotatable bonds is 6. The molecule has 6 heteroatoms. The van der Waals surface area contributed by atoms with Crippen molar-refractivity contribution in [3.05, 3.63) is 53.7 Å². The van der Waals surface area contributed by atoms with E-state index in [1.165, 1.54) is 6.26 Å². The van der Waals surface area contributed by atoms with Crippen molar-refractivity contribution in [3.63, 3.8) is 0 Å². The van der Waals surface area contributed by atoms with E-state index >= 15 is 0 Å². The topological polar surface area (TPSA) is 68.3 Å². The maximum atomic E-state index is 11.4. The summed E-state index contributed by atoms with van der Waals surface area (Å²) in [7, 11) is -1.56. The molecule has 0 amide bonds. The summed E-state index contributed by atoms with van der Waals surface area (Å²) in [6.07, 6.45) is 1.21. The standard InChI is InChI=1S/C16H20N2O3S/c1-12(13-7-9-15(10-8-13)22(3,19)20)17-11-14-5-4-6-16(18-14)21-2/h4-10,12,17H,11H2,1-3H3/t12-/m1/s1. The number of nitrogens with one attached hydrogen (secondary N) is 1. The van der Waals surface area contributed by atoms with Crippen LogP contribution in [-0.4, -0.2) is 26.8 Å². The summed E-state index contributed by atoms with van der Waals surface area (Å²) < 4.78 is 28.0. The fourth-order valence-electron chi connectivity index (χ4n) is 2.05. The molecule has 1 atom stereocenters. The number of hydrogen-bond donors (Lipinski definition) is 1. The first kappa shape index (κ1) is 16.5. The monoisotopic (exact) mass is 320 g/mol. The second-order valence-electron chi connectivity index (χ2n) is 5.12. The van der Waals surface area contributed by atoms with Crippen molar-refractivity contribution in [3.8, 4) is 5.88 Å². The van der Waals surface area contributed by atoms with Gasteiger partial charge in [-0.2, -0.15) is 0 Å². The van der Waals surface area contributed by atoms with Gasteiger partial charge in [-0.05, 0) is 30.7 Å². The minimum atomic E-state index is -3.15. The highest BCUT2D eigenvalue weighted by Crippen LogP contribution is 2.17. The number of methoxy groups -OCH3 is 1. The van der Waals surface area contributed by atoms with Crippen LogP contribution >= 0.6 is 0 Å². The normalized spacial score (nSPS) is 12.9. The molecule has 0 radical (unpaired) electrons. The SMILES string of the molecule is COc1cccc(CN[C@H](C)c2ccc(S(C)(=O)=O)cc2)n1. The van der Waals surface area contributed by atoms with Crippen molar-refractivity contribution in [2.75, 3.05) is 13.4 Å². The number of benzene rings is 1. The Morgan fingerprint density at radius 2 is 1.86 bits per heavy atom. The maximum absolute atomic E-state index is 11.4. The van der Waals surface area contributed by atoms with Crippen LogP contribution in [-0.2, 0) is 16.4 Å². The third-order valence-electron chi connectivity index (χ3n) is 3.39. The highest BCUT2D eigenvalue weighted by atomic mass is 32.2. The van der Waals surface area contributed by atoms with E-state index in [4.69, 9.17) is 4.74 Å². The Balaban J connectivity index is 2.01. The molecule has 0 unspecified atom stereocenters. The van der Waals surface area contributed by atoms with Crippen LogP contribution in [0.5, 0.6) is 5.88 Å². The van der Waals surface area contributed by atoms with E-state index in [0.29, 0.717) is 17.3 Å². The predicted molar refractivity (Wildman–Crippen MR) is 85.6 cm³/mol. The summed E-state index contributed by atoms with van der Waals surface area (Å²) in [5.74, 6) is 0.587. The Hall–Kier alpha value is -1.92. The zero-order valence-corrected chi connectivity index (χ0v) is 13.7. The smallest absolute Gasteiger partial charge is 0.213 e. The number of aromatic nitrogens is 1. The molecule has 0 saturated heterocycles. The van der Waals surface area contributed by atoms with Crippen LogP contribution in [0.15, 0.2) is 47.4 Å². The predicted octanol–water partition coefficient (Wildman–Crippen LogP) is 2.34. The highest BCUT2D eigenvalue weighted by Gasteiger charge is 2.09. The molecule has 0 aliphatic carbocycles. The van der Waals surface area contributed by atoms with Gasteiger partial charge < -0.3 is 10.1 Å². The fraction of sp³-hybridized carbons (Fsp3) is 0.312. The van der Waals surface area contributed by atoms with E-state index in [-0.39, 0.29) is 6.04 Å². The third kappa shape index (κ3) is 4.29. The molecule has 1 N–H and O–H groups in total. The number of nitrogens with zero attached hydrogens (tertiary/aromatic N) is 1. The first-order valence-corrected chi connectivity index (χ1v) is 8.82. The number of sulfone groups is 1. The lowest BCUT2D eigenvalue weighted by atomic mass is 10.1. The molecule has 2 rings (SSSR count). The van der Waals surface area contributed by atoms with Crippen LogP contribution in [0.2, 0.25) is 0 Å². The van der Waals surface area contributed by atoms with Gasteiger partial charge >= 0.3 is 0 Å². The first-order chi connectivity index (χ1) is 10.4. The van der Waals surface area contributed by atoms with Gasteiger partial charge in [-0.25, -0.2) is 13.4 Å². The van der Waals surface area contributed by atoms with E-state index in [0.717, 1.165) is 11.3 Å². The van der Waals surface area contributed by atoms with Gasteiger partial charge in [0.2, 0.25) is 5.88 Å². The summed E-state index contributed by atoms with van der Waals surface area (Å²) in [5.41, 5.74) is 1.91. The molecular weight excluding hydrogens is 300 g/mol. The van der Waals surface area contributed by atoms with Crippen LogP contribution in [0.3, 0.4) is 0 Å². The number of ether oxygens (including phenoxy) is 1. The van der Waals surface area contributed by atoms with Gasteiger partial charge in [0.25, 0.3) is 0 Å². The zero-order valence-electron chi connectivity index (χ0n) is 12.9. The van der Waals surface area contributed by atoms with Gasteiger partial charge in [-0.3, -0.25) is 0 Å². The average Bonchev–Trinajstić information content (AvgIpc) is 2.52. The Bertz CT molecular complexity index is 727. The van der Waals surface area contributed by atoms with Gasteiger partial charge in [0, 0.05) is 24.9 Å². The maximum Gasteiger partial charge on any atom is 0.213 e. The summed E-state index contributed by atoms with van der Waals surface area (Å²) in [6.45, 7) is 2.63. The van der Waals surface area contributed by atoms with E-state index in [9.17, 15) is 8.42 Å². The minimum Gasteiger partial charge on any atom is -0.481 e. The molecule has 0 fully saturated rings. The van der Waals surface area contributed by atoms with Gasteiger partial charge in [-0.15, -0.1) is 0 Å². The molecule has 22 heavy (non-hydrogen) atoms. The molecule has 0 saturated carbocycles. The van der Waals surface area contributed by atoms with Crippen molar-refractivity contribution < 1.29 is 13.2 Å². The molecular formula is C16H20N2O3S. The molecule has 0 bridgehead atoms. The van der Waals surface area contributed by atoms with Gasteiger partial charge in [0.05, 0.1) is 17.7 Å². The lowest BCUT2D eigenvalue weighted by molar-refractivity contribution is 0.395. The van der Waals surface area contributed by atoms with Crippen LogP contribution in [0.25, 0.3) is 0 Å². The molecule has 118 valence electrons. The van der Waals surface area contributed by atoms with Gasteiger partial charge in [0.15, 0.2) is 9.84 Å². The molecule has 0 aliphatic heterocycles. The fourth-order valence-corrected chi connectivity index (χ4v) is 2.68. The summed E-state index contributed by atoms with van der Waals surface area (Å²) in [4.78, 5) is 4.67. The summed E-state index contributed by atoms with van der Waals surface area (Å²) in [5, 5.41) is 3.36. The largest absolute Gasteiger partial charge is 0.481 e. The molecule has 1 aromatic heterocycles. The third-order valence-corrected chi connectivity index (χ3v) is 4.52. The number of pyridine rings is 1. The summed E-state index contributed by atoms with van der Waals surface area (Å²) in [6, 6.07) is 12.6. The first-order valence-electron chi connectivity index (χ1n) is 6.93. The lowest BCUT2D eigenvalue weighted by Crippen LogP contribution is -2.18. The van der Waals surface area contributed by atoms with Crippen molar-refractivity contribution >= 4 is 9.84 Å². The van der Waals surface area contributed by atoms with E-state index in [2.05, 4.69) is 10.3 Å². The Kier molecular flexibility index (Phi) is 5.15. The van der Waals surface area contributed by atoms with Gasteiger partial charge in [-0.1, -0.05) is 18.2 Å². The molecule has 2 aromatic rings. The Morgan fingerprint density at radius 1 is 1.18 bits per heavy atom. The summed E-state index contributed by atoms with van der Waals surface area (Å²) >= 11 is 0. The Morgan fingerprint density at radius 3 is 2.45 bits per heavy atom. The minimum absolute atomic E-state index is 0.0848. The number of hydrogen-bond acceptors (Lipinski definition) is 5. The van der Waals surface area contributed by atoms with Crippen molar-refractivity contribution in [2.24, 2.45) is 0 Å². The Labute approximate surface area is 131 Å². The van der Waals surface area contributed by atoms with Crippen molar-refractivity contribution in [2.45, 2.75) is 24.4 Å². The van der Waals surface area contributed by atoms with Crippen molar-refractivity contribution in [1.29, 1.82) is 0 Å². The highest BCUT2D eigenvalue weighted by molar-refractivity contribution is 7.90. The molecule has 0 aliphatic rings. The molecule has 1 heterocycles. The molecule has 1 aromatic carbocycles. The van der Waals surface area contributed by atoms with Crippen molar-refractivity contribution in [1.82, 2.24) is 10.3 Å². The lowest BCUT2D eigenvalue weighted by Gasteiger charge is -2.14. The second kappa shape index (κ2) is 6.89. The van der Waals surface area contributed by atoms with Crippen LogP contribution in [0, 0.1) is 0 Å². The zero-order chi connectivity index (χ0) is 16.2. The molecule has 0 spiro atoms. The van der Waals surface area contributed by atoms with Crippen LogP contribution in [0.1, 0.15) is 24.2 Å². The van der Waals surface area contributed by atoms with Gasteiger partial charge in [0.1, 0.15) is 0 Å². The van der Waals surface area contributed by atoms with Crippen LogP contribution < -0.4 is 10.1 Å².